The molecule has 1 aliphatic heterocycles. The van der Waals surface area contributed by atoms with Crippen LogP contribution in [-0.2, 0) is 17.8 Å². The molecule has 7 heteroatoms. The Balaban J connectivity index is 1.50. The van der Waals surface area contributed by atoms with Gasteiger partial charge in [0, 0.05) is 18.2 Å². The van der Waals surface area contributed by atoms with Crippen molar-refractivity contribution in [3.05, 3.63) is 77.6 Å². The number of tetrazole rings is 1. The summed E-state index contributed by atoms with van der Waals surface area (Å²) in [7, 11) is 1.71. The van der Waals surface area contributed by atoms with E-state index in [1.165, 1.54) is 16.0 Å². The van der Waals surface area contributed by atoms with Crippen molar-refractivity contribution < 1.29 is 14.5 Å². The highest BCUT2D eigenvalue weighted by Crippen LogP contribution is 2.16. The molecule has 2 N–H and O–H groups in total. The predicted octanol–water partition coefficient (Wildman–Crippen LogP) is -0.607. The summed E-state index contributed by atoms with van der Waals surface area (Å²) in [5, 5.41) is 12.6. The number of aromatic nitrogens is 4. The Hall–Kier alpha value is -2.61. The first-order valence-corrected chi connectivity index (χ1v) is 10.4. The van der Waals surface area contributed by atoms with Crippen LogP contribution in [0.5, 0.6) is 0 Å². The number of nitrogens with one attached hydrogen (secondary N) is 2. The van der Waals surface area contributed by atoms with Crippen molar-refractivity contribution in [2.45, 2.75) is 19.1 Å². The number of benzene rings is 2. The minimum atomic E-state index is 0.140. The first kappa shape index (κ1) is 19.7. The van der Waals surface area contributed by atoms with Gasteiger partial charge in [-0.05, 0) is 10.4 Å². The van der Waals surface area contributed by atoms with E-state index in [2.05, 4.69) is 76.2 Å². The van der Waals surface area contributed by atoms with Crippen molar-refractivity contribution in [1.82, 2.24) is 20.2 Å². The minimum absolute atomic E-state index is 0.140. The number of nitrogens with zero attached hydrogens (tertiary/aromatic N) is 4. The highest BCUT2D eigenvalue weighted by Gasteiger charge is 2.35. The zero-order chi connectivity index (χ0) is 19.9. The average molecular weight is 395 g/mol. The topological polar surface area (TPSA) is 61.7 Å². The lowest BCUT2D eigenvalue weighted by atomic mass is 10.0. The summed E-state index contributed by atoms with van der Waals surface area (Å²) < 4.78 is 7.15. The molecule has 0 saturated carbocycles. The van der Waals surface area contributed by atoms with Crippen molar-refractivity contribution in [2.75, 3.05) is 39.9 Å². The molecule has 0 bridgehead atoms. The van der Waals surface area contributed by atoms with Crippen molar-refractivity contribution in [3.8, 4) is 0 Å². The van der Waals surface area contributed by atoms with Crippen molar-refractivity contribution >= 4 is 0 Å². The van der Waals surface area contributed by atoms with Crippen LogP contribution in [0.1, 0.15) is 23.0 Å². The SMILES string of the molecule is COCCn1nnnc1[C@@H](c1ccccc1)[NH+]1CC[NH+](Cc2ccccc2)CC1. The molecule has 0 aliphatic carbocycles. The number of ether oxygens (including phenoxy) is 1. The smallest absolute Gasteiger partial charge is 0.214 e. The number of hydrogen-bond acceptors (Lipinski definition) is 4. The van der Waals surface area contributed by atoms with Gasteiger partial charge in [0.1, 0.15) is 32.7 Å². The van der Waals surface area contributed by atoms with Crippen LogP contribution in [0.25, 0.3) is 0 Å². The molecular formula is C22H30N6O+2. The summed E-state index contributed by atoms with van der Waals surface area (Å²) in [6.07, 6.45) is 0. The summed E-state index contributed by atoms with van der Waals surface area (Å²) in [6.45, 7) is 6.85. The van der Waals surface area contributed by atoms with Crippen LogP contribution in [0.15, 0.2) is 60.7 Å². The van der Waals surface area contributed by atoms with Crippen molar-refractivity contribution in [1.29, 1.82) is 0 Å². The van der Waals surface area contributed by atoms with Gasteiger partial charge in [-0.1, -0.05) is 60.7 Å². The quantitative estimate of drug-likeness (QED) is 0.535. The van der Waals surface area contributed by atoms with E-state index in [0.717, 1.165) is 38.5 Å². The van der Waals surface area contributed by atoms with E-state index in [4.69, 9.17) is 4.74 Å². The normalized spacial score (nSPS) is 20.4. The third kappa shape index (κ3) is 4.87. The van der Waals surface area contributed by atoms with E-state index >= 15 is 0 Å². The lowest BCUT2D eigenvalue weighted by molar-refractivity contribution is -1.03. The maximum atomic E-state index is 5.25. The van der Waals surface area contributed by atoms with Crippen LogP contribution >= 0.6 is 0 Å². The fourth-order valence-corrected chi connectivity index (χ4v) is 4.24. The average Bonchev–Trinajstić information content (AvgIpc) is 3.23. The van der Waals surface area contributed by atoms with Gasteiger partial charge in [0.15, 0.2) is 6.04 Å². The number of piperazine rings is 1. The van der Waals surface area contributed by atoms with Gasteiger partial charge in [-0.2, -0.15) is 0 Å². The molecule has 0 spiro atoms. The molecule has 29 heavy (non-hydrogen) atoms. The van der Waals surface area contributed by atoms with Gasteiger partial charge in [-0.3, -0.25) is 0 Å². The molecule has 7 nitrogen and oxygen atoms in total. The second kappa shape index (κ2) is 9.73. The number of hydrogen-bond donors (Lipinski definition) is 2. The maximum Gasteiger partial charge on any atom is 0.214 e. The molecule has 1 aliphatic rings. The number of rotatable bonds is 8. The molecule has 0 radical (unpaired) electrons. The monoisotopic (exact) mass is 394 g/mol. The van der Waals surface area contributed by atoms with Gasteiger partial charge in [0.25, 0.3) is 0 Å². The summed E-state index contributed by atoms with van der Waals surface area (Å²) in [6, 6.07) is 21.6. The Morgan fingerprint density at radius 1 is 0.966 bits per heavy atom. The van der Waals surface area contributed by atoms with E-state index in [0.29, 0.717) is 13.2 Å². The van der Waals surface area contributed by atoms with Gasteiger partial charge >= 0.3 is 0 Å². The Labute approximate surface area is 171 Å². The first-order chi connectivity index (χ1) is 14.3. The van der Waals surface area contributed by atoms with Gasteiger partial charge < -0.3 is 14.5 Å². The van der Waals surface area contributed by atoms with Crippen molar-refractivity contribution in [2.24, 2.45) is 0 Å². The second-order valence-corrected chi connectivity index (χ2v) is 7.67. The molecular weight excluding hydrogens is 364 g/mol. The van der Waals surface area contributed by atoms with E-state index in [1.807, 2.05) is 4.68 Å². The van der Waals surface area contributed by atoms with Crippen LogP contribution in [0.4, 0.5) is 0 Å². The summed E-state index contributed by atoms with van der Waals surface area (Å²) >= 11 is 0. The Bertz CT molecular complexity index is 861. The van der Waals surface area contributed by atoms with E-state index in [-0.39, 0.29) is 6.04 Å². The Kier molecular flexibility index (Phi) is 6.61. The zero-order valence-electron chi connectivity index (χ0n) is 17.0. The minimum Gasteiger partial charge on any atom is -0.383 e. The van der Waals surface area contributed by atoms with Crippen LogP contribution in [0.2, 0.25) is 0 Å². The van der Waals surface area contributed by atoms with Gasteiger partial charge in [-0.25, -0.2) is 4.68 Å². The van der Waals surface area contributed by atoms with Crippen LogP contribution in [0.3, 0.4) is 0 Å². The molecule has 2 heterocycles. The highest BCUT2D eigenvalue weighted by molar-refractivity contribution is 5.22. The summed E-state index contributed by atoms with van der Waals surface area (Å²) in [5.74, 6) is 0.926. The maximum absolute atomic E-state index is 5.25. The molecule has 2 aromatic carbocycles. The lowest BCUT2D eigenvalue weighted by Gasteiger charge is -2.34. The fourth-order valence-electron chi connectivity index (χ4n) is 4.24. The molecule has 152 valence electrons. The lowest BCUT2D eigenvalue weighted by Crippen LogP contribution is -3.27. The second-order valence-electron chi connectivity index (χ2n) is 7.67. The number of methoxy groups -OCH3 is 1. The molecule has 0 unspecified atom stereocenters. The molecule has 1 saturated heterocycles. The van der Waals surface area contributed by atoms with Crippen molar-refractivity contribution in [3.63, 3.8) is 0 Å². The molecule has 1 fully saturated rings. The zero-order valence-corrected chi connectivity index (χ0v) is 17.0. The van der Waals surface area contributed by atoms with E-state index in [9.17, 15) is 0 Å². The van der Waals surface area contributed by atoms with E-state index in [1.54, 1.807) is 12.0 Å². The first-order valence-electron chi connectivity index (χ1n) is 10.4. The molecule has 1 aromatic heterocycles. The van der Waals surface area contributed by atoms with Crippen LogP contribution in [-0.4, -0.2) is 60.1 Å². The number of quaternary nitrogens is 2. The van der Waals surface area contributed by atoms with E-state index < -0.39 is 0 Å². The Morgan fingerprint density at radius 2 is 1.66 bits per heavy atom. The predicted molar refractivity (Wildman–Crippen MR) is 110 cm³/mol. The molecule has 1 atom stereocenters. The summed E-state index contributed by atoms with van der Waals surface area (Å²) in [4.78, 5) is 3.17. The Morgan fingerprint density at radius 3 is 2.34 bits per heavy atom. The fraction of sp³-hybridized carbons (Fsp3) is 0.409. The van der Waals surface area contributed by atoms with Gasteiger partial charge in [-0.15, -0.1) is 5.10 Å². The largest absolute Gasteiger partial charge is 0.383 e. The summed E-state index contributed by atoms with van der Waals surface area (Å²) in [5.41, 5.74) is 2.68. The highest BCUT2D eigenvalue weighted by atomic mass is 16.5. The standard InChI is InChI=1S/C22H28N6O/c1-29-17-16-28-22(23-24-25-28)21(20-10-6-3-7-11-20)27-14-12-26(13-15-27)18-19-8-4-2-5-9-19/h2-11,21H,12-18H2,1H3/p+2/t21-/m1/s1. The molecule has 3 aromatic rings. The third-order valence-electron chi connectivity index (χ3n) is 5.76. The molecule has 0 amide bonds. The van der Waals surface area contributed by atoms with Crippen LogP contribution < -0.4 is 9.80 Å². The third-order valence-corrected chi connectivity index (χ3v) is 5.76. The molecule has 4 rings (SSSR count). The van der Waals surface area contributed by atoms with Crippen LogP contribution in [0, 0.1) is 0 Å². The van der Waals surface area contributed by atoms with Gasteiger partial charge in [0.05, 0.1) is 13.2 Å². The van der Waals surface area contributed by atoms with Gasteiger partial charge in [0.2, 0.25) is 5.82 Å².